The van der Waals surface area contributed by atoms with Crippen molar-refractivity contribution in [2.24, 2.45) is 4.99 Å². The largest absolute Gasteiger partial charge is 0.493 e. The number of aromatic nitrogens is 2. The number of fused-ring (bicyclic) bond motifs is 1. The van der Waals surface area contributed by atoms with Gasteiger partial charge in [-0.15, -0.1) is 0 Å². The van der Waals surface area contributed by atoms with Gasteiger partial charge in [0.2, 0.25) is 0 Å². The molecule has 3 aromatic carbocycles. The Morgan fingerprint density at radius 1 is 0.915 bits per heavy atom. The van der Waals surface area contributed by atoms with E-state index >= 15 is 0 Å². The monoisotopic (exact) mass is 647 g/mol. The number of esters is 1. The number of hydrogen-bond donors (Lipinski definition) is 0. The predicted octanol–water partition coefficient (Wildman–Crippen LogP) is 5.98. The number of benzene rings is 3. The second-order valence-corrected chi connectivity index (χ2v) is 12.5. The summed E-state index contributed by atoms with van der Waals surface area (Å²) in [6.45, 7) is 10.3. The van der Waals surface area contributed by atoms with Gasteiger partial charge in [-0.3, -0.25) is 9.36 Å². The van der Waals surface area contributed by atoms with Crippen molar-refractivity contribution in [1.29, 1.82) is 0 Å². The molecular formula is C38H37N3O5S. The molecule has 240 valence electrons. The number of carbonyl (C=O) groups excluding carboxylic acids is 1. The van der Waals surface area contributed by atoms with Crippen molar-refractivity contribution in [3.05, 3.63) is 137 Å². The fraction of sp³-hybridized carbons (Fsp3) is 0.237. The molecule has 0 fully saturated rings. The Hall–Kier alpha value is -5.15. The Morgan fingerprint density at radius 2 is 1.62 bits per heavy atom. The fourth-order valence-electron chi connectivity index (χ4n) is 6.36. The molecule has 2 aromatic heterocycles. The van der Waals surface area contributed by atoms with E-state index in [1.807, 2.05) is 42.5 Å². The van der Waals surface area contributed by atoms with Crippen molar-refractivity contribution >= 4 is 29.1 Å². The van der Waals surface area contributed by atoms with Crippen LogP contribution in [0.3, 0.4) is 0 Å². The quantitative estimate of drug-likeness (QED) is 0.194. The summed E-state index contributed by atoms with van der Waals surface area (Å²) in [5.74, 6) is 0.474. The number of nitrogens with zero attached hydrogens (tertiary/aromatic N) is 3. The highest BCUT2D eigenvalue weighted by Crippen LogP contribution is 2.38. The third-order valence-corrected chi connectivity index (χ3v) is 9.50. The highest BCUT2D eigenvalue weighted by atomic mass is 32.1. The molecule has 3 heterocycles. The van der Waals surface area contributed by atoms with Gasteiger partial charge < -0.3 is 18.8 Å². The third kappa shape index (κ3) is 5.61. The summed E-state index contributed by atoms with van der Waals surface area (Å²) in [5.41, 5.74) is 8.42. The molecule has 0 saturated carbocycles. The zero-order valence-corrected chi connectivity index (χ0v) is 28.4. The number of hydrogen-bond acceptors (Lipinski definition) is 7. The zero-order valence-electron chi connectivity index (χ0n) is 27.6. The van der Waals surface area contributed by atoms with Crippen LogP contribution in [0, 0.1) is 27.7 Å². The van der Waals surface area contributed by atoms with Crippen LogP contribution < -0.4 is 24.4 Å². The summed E-state index contributed by atoms with van der Waals surface area (Å²) in [5, 5.41) is 0. The van der Waals surface area contributed by atoms with Crippen LogP contribution in [0.2, 0.25) is 0 Å². The summed E-state index contributed by atoms with van der Waals surface area (Å²) in [7, 11) is 3.12. The third-order valence-electron chi connectivity index (χ3n) is 8.52. The maximum absolute atomic E-state index is 14.5. The first kappa shape index (κ1) is 31.8. The van der Waals surface area contributed by atoms with Gasteiger partial charge in [0.15, 0.2) is 16.3 Å². The lowest BCUT2D eigenvalue weighted by Crippen LogP contribution is -2.40. The molecule has 1 atom stereocenters. The van der Waals surface area contributed by atoms with Crippen molar-refractivity contribution in [1.82, 2.24) is 9.13 Å². The van der Waals surface area contributed by atoms with Gasteiger partial charge in [-0.1, -0.05) is 65.9 Å². The molecule has 0 saturated heterocycles. The molecule has 9 heteroatoms. The lowest BCUT2D eigenvalue weighted by atomic mass is 9.93. The normalized spacial score (nSPS) is 14.5. The number of ether oxygens (including phenoxy) is 3. The lowest BCUT2D eigenvalue weighted by Gasteiger charge is -2.26. The molecule has 0 aliphatic carbocycles. The van der Waals surface area contributed by atoms with Gasteiger partial charge in [0.25, 0.3) is 5.56 Å². The second-order valence-electron chi connectivity index (χ2n) is 11.4. The molecule has 5 aromatic rings. The minimum atomic E-state index is -0.829. The summed E-state index contributed by atoms with van der Waals surface area (Å²) >= 11 is 1.30. The SMILES string of the molecule is CCOC(=O)C1=C(c2ccccc2)N=c2s/c(=C\c3cc(C)n(-c4c(C)cccc4C)c3C)c(=O)n2[C@@H]1c1ccc(OC)c(OC)c1. The van der Waals surface area contributed by atoms with Crippen molar-refractivity contribution < 1.29 is 19.0 Å². The van der Waals surface area contributed by atoms with Crippen molar-refractivity contribution in [3.8, 4) is 17.2 Å². The van der Waals surface area contributed by atoms with Crippen LogP contribution >= 0.6 is 11.3 Å². The van der Waals surface area contributed by atoms with E-state index in [0.717, 1.165) is 28.2 Å². The maximum Gasteiger partial charge on any atom is 0.338 e. The zero-order chi connectivity index (χ0) is 33.4. The van der Waals surface area contributed by atoms with E-state index in [-0.39, 0.29) is 17.7 Å². The first-order valence-electron chi connectivity index (χ1n) is 15.4. The van der Waals surface area contributed by atoms with Crippen molar-refractivity contribution in [2.75, 3.05) is 20.8 Å². The van der Waals surface area contributed by atoms with E-state index < -0.39 is 12.0 Å². The Bertz CT molecular complexity index is 2200. The molecule has 0 N–H and O–H groups in total. The Balaban J connectivity index is 1.63. The molecule has 8 nitrogen and oxygen atoms in total. The highest BCUT2D eigenvalue weighted by Gasteiger charge is 2.35. The van der Waals surface area contributed by atoms with Crippen LogP contribution in [0.15, 0.2) is 88.2 Å². The average Bonchev–Trinajstić information content (AvgIpc) is 3.53. The van der Waals surface area contributed by atoms with Gasteiger partial charge in [-0.05, 0) is 81.1 Å². The molecule has 1 aliphatic heterocycles. The van der Waals surface area contributed by atoms with Crippen LogP contribution in [0.4, 0.5) is 0 Å². The molecule has 1 aliphatic rings. The van der Waals surface area contributed by atoms with Gasteiger partial charge >= 0.3 is 5.97 Å². The molecular weight excluding hydrogens is 611 g/mol. The van der Waals surface area contributed by atoms with E-state index in [2.05, 4.69) is 56.5 Å². The van der Waals surface area contributed by atoms with Crippen LogP contribution in [-0.2, 0) is 9.53 Å². The standard InChI is InChI=1S/C38H37N3O5S/c1-8-46-37(43)32-33(26-15-10-9-11-16-26)39-38-41(35(32)27-17-18-29(44-6)30(20-27)45-7)36(42)31(47-38)21-28-19-24(4)40(25(28)5)34-22(2)13-12-14-23(34)3/h9-21,35H,8H2,1-7H3/b31-21-/t35-/m1/s1. The Labute approximate surface area is 277 Å². The van der Waals surface area contributed by atoms with Gasteiger partial charge in [0, 0.05) is 17.0 Å². The summed E-state index contributed by atoms with van der Waals surface area (Å²) in [6, 6.07) is 22.5. The summed E-state index contributed by atoms with van der Waals surface area (Å²) in [4.78, 5) is 33.7. The second kappa shape index (κ2) is 12.9. The molecule has 0 unspecified atom stereocenters. The molecule has 6 rings (SSSR count). The van der Waals surface area contributed by atoms with E-state index in [9.17, 15) is 9.59 Å². The Morgan fingerprint density at radius 3 is 2.28 bits per heavy atom. The summed E-state index contributed by atoms with van der Waals surface area (Å²) in [6.07, 6.45) is 1.93. The van der Waals surface area contributed by atoms with Gasteiger partial charge in [-0.2, -0.15) is 0 Å². The first-order chi connectivity index (χ1) is 22.7. The number of methoxy groups -OCH3 is 2. The average molecular weight is 648 g/mol. The fourth-order valence-corrected chi connectivity index (χ4v) is 7.35. The molecule has 0 amide bonds. The van der Waals surface area contributed by atoms with Crippen LogP contribution in [0.1, 0.15) is 52.2 Å². The molecule has 0 spiro atoms. The van der Waals surface area contributed by atoms with Gasteiger partial charge in [0.1, 0.15) is 0 Å². The van der Waals surface area contributed by atoms with Crippen LogP contribution in [-0.4, -0.2) is 35.9 Å². The van der Waals surface area contributed by atoms with Crippen molar-refractivity contribution in [2.45, 2.75) is 40.7 Å². The Kier molecular flexibility index (Phi) is 8.75. The minimum Gasteiger partial charge on any atom is -0.493 e. The van der Waals surface area contributed by atoms with E-state index in [1.54, 1.807) is 37.8 Å². The number of aryl methyl sites for hydroxylation is 3. The topological polar surface area (TPSA) is 84.1 Å². The van der Waals surface area contributed by atoms with Gasteiger partial charge in [0.05, 0.1) is 48.4 Å². The molecule has 0 bridgehead atoms. The van der Waals surface area contributed by atoms with E-state index in [0.29, 0.717) is 32.1 Å². The maximum atomic E-state index is 14.5. The van der Waals surface area contributed by atoms with Crippen LogP contribution in [0.5, 0.6) is 11.5 Å². The summed E-state index contributed by atoms with van der Waals surface area (Å²) < 4.78 is 21.1. The van der Waals surface area contributed by atoms with Crippen molar-refractivity contribution in [3.63, 3.8) is 0 Å². The van der Waals surface area contributed by atoms with Gasteiger partial charge in [-0.25, -0.2) is 9.79 Å². The van der Waals surface area contributed by atoms with E-state index in [4.69, 9.17) is 19.2 Å². The van der Waals surface area contributed by atoms with Crippen LogP contribution in [0.25, 0.3) is 17.5 Å². The number of para-hydroxylation sites is 1. The number of rotatable bonds is 8. The minimum absolute atomic E-state index is 0.170. The lowest BCUT2D eigenvalue weighted by molar-refractivity contribution is -0.138. The predicted molar refractivity (Wildman–Crippen MR) is 185 cm³/mol. The number of carbonyl (C=O) groups is 1. The highest BCUT2D eigenvalue weighted by molar-refractivity contribution is 7.07. The first-order valence-corrected chi connectivity index (χ1v) is 16.3. The number of thiazole rings is 1. The van der Waals surface area contributed by atoms with E-state index in [1.165, 1.54) is 22.5 Å². The smallest absolute Gasteiger partial charge is 0.338 e. The molecule has 47 heavy (non-hydrogen) atoms. The molecule has 0 radical (unpaired) electrons.